The second-order valence-corrected chi connectivity index (χ2v) is 7.74. The molecule has 3 aromatic carbocycles. The first-order valence-corrected chi connectivity index (χ1v) is 10.5. The zero-order valence-corrected chi connectivity index (χ0v) is 18.1. The fourth-order valence-electron chi connectivity index (χ4n) is 3.52. The number of nitrogens with one attached hydrogen (secondary N) is 3. The minimum Gasteiger partial charge on any atom is -0.459 e. The molecule has 0 unspecified atom stereocenters. The fourth-order valence-corrected chi connectivity index (χ4v) is 3.52. The number of aryl methyl sites for hydroxylation is 1. The molecule has 0 aliphatic carbocycles. The maximum absolute atomic E-state index is 13.2. The van der Waals surface area contributed by atoms with Gasteiger partial charge in [0.05, 0.1) is 17.3 Å². The van der Waals surface area contributed by atoms with E-state index in [1.165, 1.54) is 18.4 Å². The van der Waals surface area contributed by atoms with Gasteiger partial charge in [-0.3, -0.25) is 9.59 Å². The van der Waals surface area contributed by atoms with Crippen molar-refractivity contribution in [1.82, 2.24) is 9.97 Å². The molecule has 0 spiro atoms. The van der Waals surface area contributed by atoms with Crippen molar-refractivity contribution >= 4 is 34.2 Å². The molecule has 3 N–H and O–H groups in total. The largest absolute Gasteiger partial charge is 0.459 e. The summed E-state index contributed by atoms with van der Waals surface area (Å²) in [6.07, 6.45) is 1.42. The second kappa shape index (κ2) is 8.67. The minimum absolute atomic E-state index is 0.183. The number of amides is 2. The van der Waals surface area contributed by atoms with Gasteiger partial charge in [-0.1, -0.05) is 6.07 Å². The zero-order valence-electron chi connectivity index (χ0n) is 18.1. The molecule has 2 aromatic heterocycles. The van der Waals surface area contributed by atoms with Crippen LogP contribution in [0.1, 0.15) is 26.5 Å². The predicted octanol–water partition coefficient (Wildman–Crippen LogP) is 5.78. The number of rotatable bonds is 5. The van der Waals surface area contributed by atoms with E-state index in [4.69, 9.17) is 4.42 Å². The normalized spacial score (nSPS) is 10.9. The van der Waals surface area contributed by atoms with Crippen molar-refractivity contribution in [2.24, 2.45) is 0 Å². The van der Waals surface area contributed by atoms with E-state index in [1.54, 1.807) is 60.7 Å². The van der Waals surface area contributed by atoms with Crippen LogP contribution in [-0.2, 0) is 0 Å². The molecule has 8 heteroatoms. The topological polar surface area (TPSA) is 100 Å². The maximum atomic E-state index is 13.2. The van der Waals surface area contributed by atoms with E-state index >= 15 is 0 Å². The number of fused-ring (bicyclic) bond motifs is 1. The Kier molecular flexibility index (Phi) is 5.39. The maximum Gasteiger partial charge on any atom is 0.291 e. The van der Waals surface area contributed by atoms with E-state index in [1.807, 2.05) is 6.92 Å². The van der Waals surface area contributed by atoms with E-state index in [9.17, 15) is 14.0 Å². The van der Waals surface area contributed by atoms with Gasteiger partial charge in [-0.2, -0.15) is 0 Å². The zero-order chi connectivity index (χ0) is 23.7. The van der Waals surface area contributed by atoms with Gasteiger partial charge in [0.25, 0.3) is 11.8 Å². The Morgan fingerprint density at radius 2 is 1.76 bits per heavy atom. The Morgan fingerprint density at radius 1 is 0.941 bits per heavy atom. The number of imidazole rings is 1. The summed E-state index contributed by atoms with van der Waals surface area (Å²) in [4.78, 5) is 32.9. The van der Waals surface area contributed by atoms with Crippen LogP contribution in [0.4, 0.5) is 15.8 Å². The summed E-state index contributed by atoms with van der Waals surface area (Å²) in [6.45, 7) is 1.84. The van der Waals surface area contributed by atoms with E-state index in [-0.39, 0.29) is 17.5 Å². The highest BCUT2D eigenvalue weighted by atomic mass is 19.1. The van der Waals surface area contributed by atoms with Crippen molar-refractivity contribution in [3.63, 3.8) is 0 Å². The lowest BCUT2D eigenvalue weighted by atomic mass is 10.1. The summed E-state index contributed by atoms with van der Waals surface area (Å²) in [5.74, 6) is -0.251. The number of aromatic nitrogens is 2. The summed E-state index contributed by atoms with van der Waals surface area (Å²) in [6, 6.07) is 19.6. The second-order valence-electron chi connectivity index (χ2n) is 7.74. The third-order valence-electron chi connectivity index (χ3n) is 5.35. The molecule has 34 heavy (non-hydrogen) atoms. The Balaban J connectivity index is 1.35. The van der Waals surface area contributed by atoms with Crippen molar-refractivity contribution in [1.29, 1.82) is 0 Å². The van der Waals surface area contributed by atoms with E-state index in [0.717, 1.165) is 22.2 Å². The Hall–Kier alpha value is -4.72. The van der Waals surface area contributed by atoms with Crippen molar-refractivity contribution in [2.45, 2.75) is 6.92 Å². The highest BCUT2D eigenvalue weighted by molar-refractivity contribution is 6.07. The fraction of sp³-hybridized carbons (Fsp3) is 0.0385. The van der Waals surface area contributed by atoms with Crippen LogP contribution in [-0.4, -0.2) is 21.8 Å². The van der Waals surface area contributed by atoms with Gasteiger partial charge >= 0.3 is 0 Å². The number of H-pyrrole nitrogens is 1. The molecule has 168 valence electrons. The summed E-state index contributed by atoms with van der Waals surface area (Å²) in [5.41, 5.74) is 4.49. The molecule has 0 atom stereocenters. The number of carbonyl (C=O) groups is 2. The van der Waals surface area contributed by atoms with Gasteiger partial charge in [-0.15, -0.1) is 0 Å². The Labute approximate surface area is 193 Å². The highest BCUT2D eigenvalue weighted by Gasteiger charge is 2.14. The van der Waals surface area contributed by atoms with Gasteiger partial charge in [-0.25, -0.2) is 9.37 Å². The van der Waals surface area contributed by atoms with Gasteiger partial charge < -0.3 is 20.0 Å². The number of aromatic amines is 1. The highest BCUT2D eigenvalue weighted by Crippen LogP contribution is 2.24. The quantitative estimate of drug-likeness (QED) is 0.314. The molecule has 0 fully saturated rings. The number of benzene rings is 3. The van der Waals surface area contributed by atoms with Gasteiger partial charge in [0.2, 0.25) is 0 Å². The van der Waals surface area contributed by atoms with Crippen LogP contribution in [0, 0.1) is 12.7 Å². The lowest BCUT2D eigenvalue weighted by Gasteiger charge is -2.10. The van der Waals surface area contributed by atoms with Crippen molar-refractivity contribution in [3.8, 4) is 11.4 Å². The summed E-state index contributed by atoms with van der Waals surface area (Å²) in [7, 11) is 0. The van der Waals surface area contributed by atoms with Crippen LogP contribution in [0.5, 0.6) is 0 Å². The van der Waals surface area contributed by atoms with Gasteiger partial charge in [0.15, 0.2) is 5.76 Å². The molecule has 0 aliphatic rings. The summed E-state index contributed by atoms with van der Waals surface area (Å²) in [5, 5.41) is 5.64. The molecule has 0 saturated heterocycles. The first kappa shape index (κ1) is 21.1. The molecule has 0 radical (unpaired) electrons. The van der Waals surface area contributed by atoms with Gasteiger partial charge in [0.1, 0.15) is 11.6 Å². The van der Waals surface area contributed by atoms with Gasteiger partial charge in [-0.05, 0) is 79.2 Å². The van der Waals surface area contributed by atoms with Crippen LogP contribution in [0.2, 0.25) is 0 Å². The number of halogens is 1. The number of nitrogens with zero attached hydrogens (tertiary/aromatic N) is 1. The number of furan rings is 1. The molecule has 7 nitrogen and oxygen atoms in total. The molecule has 0 aliphatic heterocycles. The lowest BCUT2D eigenvalue weighted by molar-refractivity contribution is 0.0993. The third-order valence-corrected chi connectivity index (χ3v) is 5.35. The van der Waals surface area contributed by atoms with E-state index < -0.39 is 5.91 Å². The van der Waals surface area contributed by atoms with E-state index in [0.29, 0.717) is 22.8 Å². The number of hydrogen-bond acceptors (Lipinski definition) is 4. The van der Waals surface area contributed by atoms with Gasteiger partial charge in [0, 0.05) is 22.5 Å². The number of hydrogen-bond donors (Lipinski definition) is 3. The van der Waals surface area contributed by atoms with Crippen LogP contribution in [0.15, 0.2) is 83.5 Å². The van der Waals surface area contributed by atoms with Crippen LogP contribution in [0.3, 0.4) is 0 Å². The first-order chi connectivity index (χ1) is 16.5. The smallest absolute Gasteiger partial charge is 0.291 e. The summed E-state index contributed by atoms with van der Waals surface area (Å²) >= 11 is 0. The molecule has 0 saturated carbocycles. The molecule has 5 rings (SSSR count). The standard InChI is InChI=1S/C26H19FN4O3/c1-15-4-5-17(13-21(15)31-26(33)23-3-2-12-34-23)25(32)28-19-10-11-20-22(14-19)30-24(29-20)16-6-8-18(27)9-7-16/h2-14H,1H3,(H,28,32)(H,29,30)(H,31,33). The average molecular weight is 454 g/mol. The Bertz CT molecular complexity index is 1510. The minimum atomic E-state index is -0.396. The van der Waals surface area contributed by atoms with Crippen LogP contribution >= 0.6 is 0 Å². The van der Waals surface area contributed by atoms with Crippen molar-refractivity contribution in [3.05, 3.63) is 102 Å². The SMILES string of the molecule is Cc1ccc(C(=O)Nc2ccc3nc(-c4ccc(F)cc4)[nH]c3c2)cc1NC(=O)c1ccco1. The number of anilines is 2. The van der Waals surface area contributed by atoms with Crippen molar-refractivity contribution < 1.29 is 18.4 Å². The van der Waals surface area contributed by atoms with Crippen molar-refractivity contribution in [2.75, 3.05) is 10.6 Å². The van der Waals surface area contributed by atoms with Crippen LogP contribution < -0.4 is 10.6 Å². The molecule has 2 heterocycles. The first-order valence-electron chi connectivity index (χ1n) is 10.5. The Morgan fingerprint density at radius 3 is 2.53 bits per heavy atom. The lowest BCUT2D eigenvalue weighted by Crippen LogP contribution is -2.15. The van der Waals surface area contributed by atoms with Crippen LogP contribution in [0.25, 0.3) is 22.4 Å². The predicted molar refractivity (Wildman–Crippen MR) is 127 cm³/mol. The molecule has 2 amide bonds. The number of carbonyl (C=O) groups excluding carboxylic acids is 2. The molecule has 0 bridgehead atoms. The third kappa shape index (κ3) is 4.29. The summed E-state index contributed by atoms with van der Waals surface area (Å²) < 4.78 is 18.3. The molecule has 5 aromatic rings. The monoisotopic (exact) mass is 454 g/mol. The molecular formula is C26H19FN4O3. The molecular weight excluding hydrogens is 435 g/mol. The average Bonchev–Trinajstić information content (AvgIpc) is 3.51. The van der Waals surface area contributed by atoms with E-state index in [2.05, 4.69) is 20.6 Å².